The van der Waals surface area contributed by atoms with E-state index in [2.05, 4.69) is 12.3 Å². The highest BCUT2D eigenvalue weighted by Gasteiger charge is 2.25. The Labute approximate surface area is 77.1 Å². The molecular formula is C10H15F3. The van der Waals surface area contributed by atoms with Gasteiger partial charge in [-0.15, -0.1) is 5.73 Å². The Balaban J connectivity index is 3.13. The summed E-state index contributed by atoms with van der Waals surface area (Å²) in [7, 11) is 0. The van der Waals surface area contributed by atoms with E-state index in [0.29, 0.717) is 6.42 Å². The second-order valence-corrected chi connectivity index (χ2v) is 2.98. The van der Waals surface area contributed by atoms with Gasteiger partial charge in [-0.25, -0.2) is 0 Å². The summed E-state index contributed by atoms with van der Waals surface area (Å²) in [6, 6.07) is 0. The summed E-state index contributed by atoms with van der Waals surface area (Å²) in [5, 5.41) is 0. The van der Waals surface area contributed by atoms with Gasteiger partial charge in [0.25, 0.3) is 0 Å². The molecule has 0 aliphatic rings. The SMILES string of the molecule is C=C=CCCCCCCC(F)(F)F. The lowest BCUT2D eigenvalue weighted by Crippen LogP contribution is -2.06. The third-order valence-corrected chi connectivity index (χ3v) is 1.70. The number of hydrogen-bond acceptors (Lipinski definition) is 0. The van der Waals surface area contributed by atoms with Crippen LogP contribution in [-0.4, -0.2) is 6.18 Å². The van der Waals surface area contributed by atoms with Crippen molar-refractivity contribution in [3.63, 3.8) is 0 Å². The Kier molecular flexibility index (Phi) is 6.43. The molecule has 0 nitrogen and oxygen atoms in total. The van der Waals surface area contributed by atoms with Crippen LogP contribution in [0.25, 0.3) is 0 Å². The molecule has 0 saturated carbocycles. The molecule has 0 aromatic carbocycles. The molecule has 0 bridgehead atoms. The summed E-state index contributed by atoms with van der Waals surface area (Å²) in [5.41, 5.74) is 2.63. The number of alkyl halides is 3. The first kappa shape index (κ1) is 12.3. The van der Waals surface area contributed by atoms with Crippen LogP contribution in [0.1, 0.15) is 38.5 Å². The Hall–Kier alpha value is -0.690. The number of halogens is 3. The number of rotatable bonds is 6. The highest BCUT2D eigenvalue weighted by atomic mass is 19.4. The third-order valence-electron chi connectivity index (χ3n) is 1.70. The zero-order chi connectivity index (χ0) is 10.2. The van der Waals surface area contributed by atoms with Crippen LogP contribution >= 0.6 is 0 Å². The fraction of sp³-hybridized carbons (Fsp3) is 0.700. The van der Waals surface area contributed by atoms with Gasteiger partial charge in [-0.2, -0.15) is 13.2 Å². The number of unbranched alkanes of at least 4 members (excludes halogenated alkanes) is 4. The highest BCUT2D eigenvalue weighted by molar-refractivity contribution is 4.74. The zero-order valence-electron chi connectivity index (χ0n) is 7.66. The molecule has 0 aliphatic heterocycles. The second-order valence-electron chi connectivity index (χ2n) is 2.98. The quantitative estimate of drug-likeness (QED) is 0.436. The first-order valence-electron chi connectivity index (χ1n) is 4.47. The second kappa shape index (κ2) is 6.79. The van der Waals surface area contributed by atoms with E-state index in [-0.39, 0.29) is 6.42 Å². The lowest BCUT2D eigenvalue weighted by atomic mass is 10.1. The highest BCUT2D eigenvalue weighted by Crippen LogP contribution is 2.22. The maximum absolute atomic E-state index is 11.7. The van der Waals surface area contributed by atoms with E-state index in [9.17, 15) is 13.2 Å². The average Bonchev–Trinajstić information content (AvgIpc) is 2.01. The van der Waals surface area contributed by atoms with E-state index in [0.717, 1.165) is 19.3 Å². The first-order valence-corrected chi connectivity index (χ1v) is 4.47. The molecule has 0 saturated heterocycles. The Morgan fingerprint density at radius 2 is 1.69 bits per heavy atom. The van der Waals surface area contributed by atoms with E-state index in [4.69, 9.17) is 0 Å². The van der Waals surface area contributed by atoms with Gasteiger partial charge >= 0.3 is 6.18 Å². The van der Waals surface area contributed by atoms with Crippen molar-refractivity contribution in [1.82, 2.24) is 0 Å². The molecule has 0 amide bonds. The molecule has 0 radical (unpaired) electrons. The molecule has 13 heavy (non-hydrogen) atoms. The van der Waals surface area contributed by atoms with Crippen LogP contribution in [0.4, 0.5) is 13.2 Å². The summed E-state index contributed by atoms with van der Waals surface area (Å²) in [4.78, 5) is 0. The standard InChI is InChI=1S/C10H15F3/c1-2-3-4-5-6-7-8-9-10(11,12)13/h3H,1,4-9H2. The van der Waals surface area contributed by atoms with Crippen molar-refractivity contribution in [1.29, 1.82) is 0 Å². The van der Waals surface area contributed by atoms with Crippen LogP contribution in [0.15, 0.2) is 18.4 Å². The van der Waals surface area contributed by atoms with Crippen LogP contribution in [0.5, 0.6) is 0 Å². The van der Waals surface area contributed by atoms with Gasteiger partial charge in [-0.05, 0) is 25.3 Å². The van der Waals surface area contributed by atoms with Crippen molar-refractivity contribution < 1.29 is 13.2 Å². The van der Waals surface area contributed by atoms with Gasteiger partial charge in [0.1, 0.15) is 0 Å². The zero-order valence-corrected chi connectivity index (χ0v) is 7.66. The minimum absolute atomic E-state index is 0.251. The van der Waals surface area contributed by atoms with Crippen LogP contribution in [-0.2, 0) is 0 Å². The fourth-order valence-electron chi connectivity index (χ4n) is 1.03. The maximum atomic E-state index is 11.7. The van der Waals surface area contributed by atoms with Crippen LogP contribution in [0, 0.1) is 0 Å². The van der Waals surface area contributed by atoms with Crippen molar-refractivity contribution >= 4 is 0 Å². The number of hydrogen-bond donors (Lipinski definition) is 0. The predicted molar refractivity (Wildman–Crippen MR) is 47.5 cm³/mol. The van der Waals surface area contributed by atoms with Crippen LogP contribution < -0.4 is 0 Å². The molecule has 0 rings (SSSR count). The molecule has 0 aliphatic carbocycles. The third kappa shape index (κ3) is 11.3. The lowest BCUT2D eigenvalue weighted by molar-refractivity contribution is -0.135. The predicted octanol–water partition coefficient (Wildman–Crippen LogP) is 4.23. The van der Waals surface area contributed by atoms with Crippen LogP contribution in [0.2, 0.25) is 0 Å². The van der Waals surface area contributed by atoms with Crippen molar-refractivity contribution in [3.05, 3.63) is 18.4 Å². The van der Waals surface area contributed by atoms with E-state index in [1.165, 1.54) is 0 Å². The average molecular weight is 192 g/mol. The van der Waals surface area contributed by atoms with Gasteiger partial charge in [-0.1, -0.05) is 19.4 Å². The molecule has 76 valence electrons. The van der Waals surface area contributed by atoms with Gasteiger partial charge in [0.15, 0.2) is 0 Å². The summed E-state index contributed by atoms with van der Waals surface area (Å²) in [6.45, 7) is 3.40. The molecule has 0 spiro atoms. The Morgan fingerprint density at radius 1 is 1.08 bits per heavy atom. The first-order chi connectivity index (χ1) is 6.06. The molecule has 0 aromatic heterocycles. The minimum Gasteiger partial charge on any atom is -0.171 e. The summed E-state index contributed by atoms with van der Waals surface area (Å²) in [6.07, 6.45) is 0.741. The molecule has 0 unspecified atom stereocenters. The molecule has 0 fully saturated rings. The number of allylic oxidation sites excluding steroid dienone is 1. The molecule has 0 heterocycles. The van der Waals surface area contributed by atoms with Gasteiger partial charge in [-0.3, -0.25) is 0 Å². The minimum atomic E-state index is -3.99. The molecular weight excluding hydrogens is 177 g/mol. The largest absolute Gasteiger partial charge is 0.389 e. The van der Waals surface area contributed by atoms with Crippen molar-refractivity contribution in [2.24, 2.45) is 0 Å². The van der Waals surface area contributed by atoms with Crippen LogP contribution in [0.3, 0.4) is 0 Å². The maximum Gasteiger partial charge on any atom is 0.389 e. The Morgan fingerprint density at radius 3 is 2.23 bits per heavy atom. The normalized spacial score (nSPS) is 11.0. The van der Waals surface area contributed by atoms with E-state index in [1.54, 1.807) is 0 Å². The lowest BCUT2D eigenvalue weighted by Gasteiger charge is -2.04. The fourth-order valence-corrected chi connectivity index (χ4v) is 1.03. The van der Waals surface area contributed by atoms with E-state index in [1.807, 2.05) is 6.08 Å². The summed E-state index contributed by atoms with van der Waals surface area (Å²) in [5.74, 6) is 0. The van der Waals surface area contributed by atoms with Gasteiger partial charge in [0, 0.05) is 6.42 Å². The van der Waals surface area contributed by atoms with Gasteiger partial charge in [0.05, 0.1) is 0 Å². The van der Waals surface area contributed by atoms with Crippen molar-refractivity contribution in [2.75, 3.05) is 0 Å². The topological polar surface area (TPSA) is 0 Å². The van der Waals surface area contributed by atoms with Crippen molar-refractivity contribution in [3.8, 4) is 0 Å². The molecule has 0 N–H and O–H groups in total. The monoisotopic (exact) mass is 192 g/mol. The smallest absolute Gasteiger partial charge is 0.171 e. The molecule has 3 heteroatoms. The summed E-state index contributed by atoms with van der Waals surface area (Å²) < 4.78 is 35.0. The van der Waals surface area contributed by atoms with E-state index < -0.39 is 12.6 Å². The van der Waals surface area contributed by atoms with Gasteiger partial charge in [0.2, 0.25) is 0 Å². The van der Waals surface area contributed by atoms with Gasteiger partial charge < -0.3 is 0 Å². The van der Waals surface area contributed by atoms with E-state index >= 15 is 0 Å². The Bertz CT molecular complexity index is 163. The van der Waals surface area contributed by atoms with Crippen molar-refractivity contribution in [2.45, 2.75) is 44.7 Å². The summed E-state index contributed by atoms with van der Waals surface area (Å²) >= 11 is 0. The molecule has 0 atom stereocenters. The molecule has 0 aromatic rings.